The van der Waals surface area contributed by atoms with E-state index in [1.165, 1.54) is 45.2 Å². The second kappa shape index (κ2) is 6.89. The Morgan fingerprint density at radius 3 is 2.65 bits per heavy atom. The quantitative estimate of drug-likeness (QED) is 0.752. The number of rotatable bonds is 1. The topological polar surface area (TPSA) is 44.6 Å². The van der Waals surface area contributed by atoms with Crippen LogP contribution in [-0.2, 0) is 4.74 Å². The standard InChI is InChI=1S/C18H32N3O2/c1-18(2,3)23-17(22)21-12-9-19-16-14(13-21)7-6-8-15(16)20-10-4-5-11-20/h13-16,19H,4-12H2,1-3H3/q+1. The predicted octanol–water partition coefficient (Wildman–Crippen LogP) is 2.24. The zero-order chi connectivity index (χ0) is 16.4. The Morgan fingerprint density at radius 2 is 1.96 bits per heavy atom. The first kappa shape index (κ1) is 16.9. The monoisotopic (exact) mass is 322 g/mol. The summed E-state index contributed by atoms with van der Waals surface area (Å²) in [5.74, 6) is 0.435. The third-order valence-corrected chi connectivity index (χ3v) is 5.25. The average molecular weight is 322 g/mol. The van der Waals surface area contributed by atoms with Gasteiger partial charge < -0.3 is 10.1 Å². The first-order valence-electron chi connectivity index (χ1n) is 9.26. The van der Waals surface area contributed by atoms with Crippen LogP contribution in [0.15, 0.2) is 0 Å². The van der Waals surface area contributed by atoms with Gasteiger partial charge in [0.25, 0.3) is 0 Å². The van der Waals surface area contributed by atoms with Crippen LogP contribution in [0.5, 0.6) is 0 Å². The fourth-order valence-corrected chi connectivity index (χ4v) is 4.27. The molecule has 0 aromatic heterocycles. The van der Waals surface area contributed by atoms with Crippen molar-refractivity contribution >= 4 is 12.3 Å². The van der Waals surface area contributed by atoms with Gasteiger partial charge in [-0.15, -0.1) is 4.58 Å². The van der Waals surface area contributed by atoms with E-state index in [1.807, 2.05) is 20.8 Å². The normalized spacial score (nSPS) is 32.8. The van der Waals surface area contributed by atoms with E-state index in [9.17, 15) is 4.79 Å². The van der Waals surface area contributed by atoms with Gasteiger partial charge in [-0.25, -0.2) is 0 Å². The number of nitrogens with one attached hydrogen (secondary N) is 1. The van der Waals surface area contributed by atoms with Gasteiger partial charge in [0.05, 0.1) is 12.5 Å². The molecule has 2 aliphatic heterocycles. The molecule has 1 saturated carbocycles. The maximum atomic E-state index is 12.4. The van der Waals surface area contributed by atoms with Crippen molar-refractivity contribution in [2.45, 2.75) is 70.6 Å². The maximum absolute atomic E-state index is 12.4. The average Bonchev–Trinajstić information content (AvgIpc) is 2.90. The van der Waals surface area contributed by atoms with Crippen molar-refractivity contribution in [2.24, 2.45) is 5.92 Å². The van der Waals surface area contributed by atoms with Gasteiger partial charge >= 0.3 is 6.09 Å². The number of likely N-dealkylation sites (tertiary alicyclic amines) is 1. The molecule has 3 rings (SSSR count). The molecule has 2 heterocycles. The minimum Gasteiger partial charge on any atom is -0.406 e. The van der Waals surface area contributed by atoms with Crippen molar-refractivity contribution in [3.63, 3.8) is 0 Å². The van der Waals surface area contributed by atoms with E-state index in [2.05, 4.69) is 16.4 Å². The van der Waals surface area contributed by atoms with Crippen molar-refractivity contribution in [3.8, 4) is 0 Å². The number of carbonyl (C=O) groups excluding carboxylic acids is 1. The Morgan fingerprint density at radius 1 is 1.22 bits per heavy atom. The molecule has 1 aliphatic carbocycles. The van der Waals surface area contributed by atoms with Gasteiger partial charge in [-0.2, -0.15) is 4.79 Å². The van der Waals surface area contributed by atoms with Gasteiger partial charge in [-0.05, 0) is 59.5 Å². The summed E-state index contributed by atoms with van der Waals surface area (Å²) in [6.45, 7) is 9.81. The molecule has 1 amide bonds. The molecule has 23 heavy (non-hydrogen) atoms. The fourth-order valence-electron chi connectivity index (χ4n) is 4.27. The Kier molecular flexibility index (Phi) is 5.07. The van der Waals surface area contributed by atoms with Crippen molar-refractivity contribution in [1.82, 2.24) is 10.2 Å². The van der Waals surface area contributed by atoms with Gasteiger partial charge in [0, 0.05) is 12.1 Å². The number of hydrogen-bond donors (Lipinski definition) is 1. The number of carbonyl (C=O) groups is 1. The van der Waals surface area contributed by atoms with Crippen LogP contribution in [0.25, 0.3) is 0 Å². The zero-order valence-electron chi connectivity index (χ0n) is 14.9. The van der Waals surface area contributed by atoms with Crippen LogP contribution in [-0.4, -0.2) is 65.6 Å². The number of fused-ring (bicyclic) bond motifs is 1. The molecule has 130 valence electrons. The van der Waals surface area contributed by atoms with Crippen LogP contribution in [0.3, 0.4) is 0 Å². The Labute approximate surface area is 140 Å². The van der Waals surface area contributed by atoms with Crippen LogP contribution in [0.2, 0.25) is 0 Å². The van der Waals surface area contributed by atoms with Crippen LogP contribution < -0.4 is 5.32 Å². The van der Waals surface area contributed by atoms with Crippen molar-refractivity contribution < 1.29 is 14.1 Å². The maximum Gasteiger partial charge on any atom is 0.596 e. The molecule has 1 saturated heterocycles. The Balaban J connectivity index is 1.73. The van der Waals surface area contributed by atoms with Gasteiger partial charge in [0.1, 0.15) is 5.60 Å². The number of ether oxygens (including phenoxy) is 1. The smallest absolute Gasteiger partial charge is 0.406 e. The molecule has 2 fully saturated rings. The molecular formula is C18H32N3O2+. The summed E-state index contributed by atoms with van der Waals surface area (Å²) in [7, 11) is 0. The molecule has 0 spiro atoms. The highest BCUT2D eigenvalue weighted by Gasteiger charge is 2.41. The summed E-state index contributed by atoms with van der Waals surface area (Å²) >= 11 is 0. The van der Waals surface area contributed by atoms with E-state index < -0.39 is 5.60 Å². The van der Waals surface area contributed by atoms with Gasteiger partial charge in [-0.1, -0.05) is 6.42 Å². The highest BCUT2D eigenvalue weighted by atomic mass is 16.6. The largest absolute Gasteiger partial charge is 0.596 e. The van der Waals surface area contributed by atoms with E-state index in [0.717, 1.165) is 6.54 Å². The number of hydrogen-bond acceptors (Lipinski definition) is 4. The highest BCUT2D eigenvalue weighted by molar-refractivity contribution is 5.68. The second-order valence-electron chi connectivity index (χ2n) is 8.21. The molecule has 1 N–H and O–H groups in total. The molecule has 3 unspecified atom stereocenters. The fraction of sp³-hybridized carbons (Fsp3) is 0.889. The summed E-state index contributed by atoms with van der Waals surface area (Å²) in [6, 6.07) is 1.11. The lowest BCUT2D eigenvalue weighted by atomic mass is 9.81. The summed E-state index contributed by atoms with van der Waals surface area (Å²) in [5.41, 5.74) is -0.436. The summed E-state index contributed by atoms with van der Waals surface area (Å²) in [6.07, 6.45) is 8.33. The lowest BCUT2D eigenvalue weighted by Crippen LogP contribution is -2.55. The van der Waals surface area contributed by atoms with Crippen LogP contribution in [0, 0.1) is 5.92 Å². The minimum absolute atomic E-state index is 0.205. The molecule has 0 aromatic rings. The first-order valence-corrected chi connectivity index (χ1v) is 9.26. The van der Waals surface area contributed by atoms with E-state index >= 15 is 0 Å². The van der Waals surface area contributed by atoms with Gasteiger partial charge in [0.15, 0.2) is 12.8 Å². The number of amides is 1. The Hall–Kier alpha value is -0.940. The lowest BCUT2D eigenvalue weighted by Gasteiger charge is -2.40. The highest BCUT2D eigenvalue weighted by Crippen LogP contribution is 2.30. The van der Waals surface area contributed by atoms with E-state index in [0.29, 0.717) is 24.5 Å². The van der Waals surface area contributed by atoms with Crippen molar-refractivity contribution in [3.05, 3.63) is 0 Å². The van der Waals surface area contributed by atoms with Crippen molar-refractivity contribution in [2.75, 3.05) is 26.2 Å². The summed E-state index contributed by atoms with van der Waals surface area (Å²) < 4.78 is 7.36. The minimum atomic E-state index is -0.436. The van der Waals surface area contributed by atoms with Gasteiger partial charge in [-0.3, -0.25) is 4.90 Å². The molecule has 0 aromatic carbocycles. The van der Waals surface area contributed by atoms with Crippen molar-refractivity contribution in [1.29, 1.82) is 0 Å². The van der Waals surface area contributed by atoms with E-state index in [1.54, 1.807) is 4.58 Å². The second-order valence-corrected chi connectivity index (χ2v) is 8.21. The summed E-state index contributed by atoms with van der Waals surface area (Å²) in [4.78, 5) is 15.1. The molecular weight excluding hydrogens is 290 g/mol. The third kappa shape index (κ3) is 4.13. The van der Waals surface area contributed by atoms with Crippen LogP contribution >= 0.6 is 0 Å². The molecule has 0 bridgehead atoms. The van der Waals surface area contributed by atoms with E-state index in [4.69, 9.17) is 4.74 Å². The predicted molar refractivity (Wildman–Crippen MR) is 91.2 cm³/mol. The van der Waals surface area contributed by atoms with Crippen LogP contribution in [0.4, 0.5) is 4.79 Å². The SMILES string of the molecule is CC(C)(C)OC(=O)[N+]1=CC2CCCC(N3CCCC3)C2NCC1. The molecule has 0 radical (unpaired) electrons. The lowest BCUT2D eigenvalue weighted by molar-refractivity contribution is -0.445. The van der Waals surface area contributed by atoms with Gasteiger partial charge in [0.2, 0.25) is 0 Å². The molecule has 3 atom stereocenters. The Bertz CT molecular complexity index is 463. The number of nitrogens with zero attached hydrogens (tertiary/aromatic N) is 2. The molecule has 3 aliphatic rings. The zero-order valence-corrected chi connectivity index (χ0v) is 14.9. The first-order chi connectivity index (χ1) is 10.9. The summed E-state index contributed by atoms with van der Waals surface area (Å²) in [5, 5.41) is 3.74. The van der Waals surface area contributed by atoms with E-state index in [-0.39, 0.29) is 6.09 Å². The molecule has 5 heteroatoms. The third-order valence-electron chi connectivity index (χ3n) is 5.25. The van der Waals surface area contributed by atoms with Crippen LogP contribution in [0.1, 0.15) is 52.9 Å². The molecule has 5 nitrogen and oxygen atoms in total.